The van der Waals surface area contributed by atoms with Gasteiger partial charge in [0.15, 0.2) is 0 Å². The van der Waals surface area contributed by atoms with Crippen LogP contribution in [-0.2, 0) is 4.79 Å². The molecule has 0 aliphatic rings. The van der Waals surface area contributed by atoms with Crippen molar-refractivity contribution in [1.29, 1.82) is 10.8 Å². The number of pyridine rings is 2. The lowest BCUT2D eigenvalue weighted by Gasteiger charge is -2.14. The Balaban J connectivity index is 2.14. The number of amides is 1. The second-order valence-electron chi connectivity index (χ2n) is 7.75. The van der Waals surface area contributed by atoms with Crippen molar-refractivity contribution in [2.75, 3.05) is 37.1 Å². The number of carbonyl (C=O) groups is 1. The Bertz CT molecular complexity index is 1370. The van der Waals surface area contributed by atoms with Crippen LogP contribution in [-0.4, -0.2) is 65.0 Å². The molecule has 184 valence electrons. The van der Waals surface area contributed by atoms with Crippen LogP contribution in [0.4, 0.5) is 17.3 Å². The summed E-state index contributed by atoms with van der Waals surface area (Å²) >= 11 is 0. The number of rotatable bonds is 8. The third-order valence-corrected chi connectivity index (χ3v) is 5.27. The molecule has 3 aromatic heterocycles. The molecule has 3 heterocycles. The highest BCUT2D eigenvalue weighted by molar-refractivity contribution is 6.02. The first-order valence-corrected chi connectivity index (χ1v) is 11.1. The number of carbonyl (C=O) groups excluding carboxylic acids is 1. The van der Waals surface area contributed by atoms with Gasteiger partial charge in [-0.15, -0.1) is 0 Å². The van der Waals surface area contributed by atoms with E-state index in [0.29, 0.717) is 51.1 Å². The summed E-state index contributed by atoms with van der Waals surface area (Å²) < 4.78 is 0. The summed E-state index contributed by atoms with van der Waals surface area (Å²) in [7, 11) is 5.16. The van der Waals surface area contributed by atoms with Gasteiger partial charge in [0.2, 0.25) is 5.91 Å². The van der Waals surface area contributed by atoms with Gasteiger partial charge in [-0.05, 0) is 45.0 Å². The number of nitrogens with zero attached hydrogens (tertiary/aromatic N) is 4. The normalized spacial score (nSPS) is 11.0. The van der Waals surface area contributed by atoms with Crippen molar-refractivity contribution in [3.05, 3.63) is 53.2 Å². The Kier molecular flexibility index (Phi) is 8.38. The van der Waals surface area contributed by atoms with Crippen LogP contribution in [0.3, 0.4) is 0 Å². The molecule has 1 amide bonds. The molecule has 3 rings (SSSR count). The van der Waals surface area contributed by atoms with Crippen molar-refractivity contribution in [1.82, 2.24) is 25.3 Å². The van der Waals surface area contributed by atoms with Gasteiger partial charge in [0.1, 0.15) is 29.4 Å². The van der Waals surface area contributed by atoms with Gasteiger partial charge in [-0.2, -0.15) is 0 Å². The molecule has 0 saturated heterocycles. The van der Waals surface area contributed by atoms with Crippen molar-refractivity contribution in [2.24, 2.45) is 0 Å². The highest BCUT2D eigenvalue weighted by Crippen LogP contribution is 2.29. The van der Waals surface area contributed by atoms with E-state index in [4.69, 9.17) is 10.8 Å². The van der Waals surface area contributed by atoms with Crippen molar-refractivity contribution < 1.29 is 4.79 Å². The molecule has 3 aromatic rings. The van der Waals surface area contributed by atoms with E-state index in [1.54, 1.807) is 59.4 Å². The van der Waals surface area contributed by atoms with Crippen LogP contribution in [0.1, 0.15) is 36.4 Å². The van der Waals surface area contributed by atoms with Gasteiger partial charge in [0.05, 0.1) is 23.1 Å². The average molecular weight is 485 g/mol. The molecule has 0 aliphatic carbocycles. The second kappa shape index (κ2) is 11.6. The third-order valence-electron chi connectivity index (χ3n) is 5.27. The first-order valence-electron chi connectivity index (χ1n) is 11.1. The zero-order chi connectivity index (χ0) is 26.2. The minimum absolute atomic E-state index is 0.254. The van der Waals surface area contributed by atoms with E-state index in [1.807, 2.05) is 0 Å². The van der Waals surface area contributed by atoms with Crippen LogP contribution in [0.15, 0.2) is 30.7 Å². The summed E-state index contributed by atoms with van der Waals surface area (Å²) in [4.78, 5) is 30.0. The Labute approximate surface area is 209 Å². The Morgan fingerprint density at radius 2 is 1.86 bits per heavy atom. The molecule has 1 unspecified atom stereocenters. The molecule has 6 N–H and O–H groups in total. The van der Waals surface area contributed by atoms with Gasteiger partial charge in [-0.3, -0.25) is 4.79 Å². The van der Waals surface area contributed by atoms with Crippen molar-refractivity contribution >= 4 is 35.2 Å². The van der Waals surface area contributed by atoms with E-state index in [2.05, 4.69) is 53.0 Å². The Hall–Kier alpha value is -4.69. The van der Waals surface area contributed by atoms with E-state index in [-0.39, 0.29) is 11.6 Å². The molecule has 0 bridgehead atoms. The zero-order valence-electron chi connectivity index (χ0n) is 20.7. The highest BCUT2D eigenvalue weighted by Gasteiger charge is 2.17. The van der Waals surface area contributed by atoms with Gasteiger partial charge in [0, 0.05) is 43.2 Å². The van der Waals surface area contributed by atoms with E-state index in [9.17, 15) is 4.79 Å². The van der Waals surface area contributed by atoms with Gasteiger partial charge in [0.25, 0.3) is 0 Å². The molecule has 0 aliphatic heterocycles. The summed E-state index contributed by atoms with van der Waals surface area (Å²) in [5, 5.41) is 27.4. The molecular weight excluding hydrogens is 456 g/mol. The monoisotopic (exact) mass is 484 g/mol. The fourth-order valence-electron chi connectivity index (χ4n) is 3.29. The van der Waals surface area contributed by atoms with Crippen molar-refractivity contribution in [3.63, 3.8) is 0 Å². The summed E-state index contributed by atoms with van der Waals surface area (Å²) in [5.41, 5.74) is 4.12. The Morgan fingerprint density at radius 3 is 2.50 bits per heavy atom. The molecule has 0 radical (unpaired) electrons. The maximum absolute atomic E-state index is 12.5. The van der Waals surface area contributed by atoms with Crippen LogP contribution in [0.25, 0.3) is 11.3 Å². The van der Waals surface area contributed by atoms with E-state index in [1.165, 1.54) is 12.5 Å². The molecule has 0 fully saturated rings. The topological polar surface area (TPSA) is 164 Å². The number of aromatic nitrogens is 4. The predicted octanol–water partition coefficient (Wildman–Crippen LogP) is 2.35. The SMILES string of the molecule is CNc1ncc(C#Cc2cc(-c3ncnc(C(C)=N)c3NC)cc(NC(=O)C(C)NC)n2)cc1C=N. The van der Waals surface area contributed by atoms with E-state index in [0.717, 1.165) is 0 Å². The molecule has 1 atom stereocenters. The molecule has 11 heteroatoms. The molecule has 0 saturated carbocycles. The van der Waals surface area contributed by atoms with Gasteiger partial charge < -0.3 is 32.1 Å². The lowest BCUT2D eigenvalue weighted by molar-refractivity contribution is -0.117. The van der Waals surface area contributed by atoms with E-state index >= 15 is 0 Å². The number of nitrogens with one attached hydrogen (secondary N) is 6. The fourth-order valence-corrected chi connectivity index (χ4v) is 3.29. The average Bonchev–Trinajstić information content (AvgIpc) is 2.90. The van der Waals surface area contributed by atoms with Crippen LogP contribution in [0.2, 0.25) is 0 Å². The minimum atomic E-state index is -0.430. The lowest BCUT2D eigenvalue weighted by Crippen LogP contribution is -2.35. The lowest BCUT2D eigenvalue weighted by atomic mass is 10.1. The highest BCUT2D eigenvalue weighted by atomic mass is 16.2. The van der Waals surface area contributed by atoms with Gasteiger partial charge in [-0.1, -0.05) is 5.92 Å². The molecule has 0 aromatic carbocycles. The second-order valence-corrected chi connectivity index (χ2v) is 7.75. The smallest absolute Gasteiger partial charge is 0.242 e. The summed E-state index contributed by atoms with van der Waals surface area (Å²) in [5.74, 6) is 6.68. The number of hydrogen-bond donors (Lipinski definition) is 6. The largest absolute Gasteiger partial charge is 0.385 e. The summed E-state index contributed by atoms with van der Waals surface area (Å²) in [6.45, 7) is 3.39. The first-order chi connectivity index (χ1) is 17.3. The van der Waals surface area contributed by atoms with Crippen LogP contribution < -0.4 is 21.3 Å². The number of hydrogen-bond acceptors (Lipinski definition) is 10. The Morgan fingerprint density at radius 1 is 1.08 bits per heavy atom. The predicted molar refractivity (Wildman–Crippen MR) is 142 cm³/mol. The van der Waals surface area contributed by atoms with E-state index < -0.39 is 6.04 Å². The van der Waals surface area contributed by atoms with Crippen LogP contribution in [0.5, 0.6) is 0 Å². The van der Waals surface area contributed by atoms with Crippen LogP contribution in [0, 0.1) is 22.7 Å². The number of likely N-dealkylation sites (N-methyl/N-ethyl adjacent to an activating group) is 1. The standard InChI is InChI=1S/C25H28N10O/c1-14(27)21-23(29-4)22(33-13-32-21)17-9-19(34-20(10-17)35-25(36)15(2)28-3)7-6-16-8-18(11-26)24(30-5)31-12-16/h8-13,15,26-29H,1-5H3,(H,30,31)(H,34,35,36). The maximum atomic E-state index is 12.5. The minimum Gasteiger partial charge on any atom is -0.385 e. The zero-order valence-corrected chi connectivity index (χ0v) is 20.7. The third kappa shape index (κ3) is 5.86. The summed E-state index contributed by atoms with van der Waals surface area (Å²) in [6.07, 6.45) is 4.21. The molecule has 0 spiro atoms. The molecular formula is C25H28N10O. The van der Waals surface area contributed by atoms with Gasteiger partial charge >= 0.3 is 0 Å². The first kappa shape index (κ1) is 25.9. The van der Waals surface area contributed by atoms with Gasteiger partial charge in [-0.25, -0.2) is 19.9 Å². The quantitative estimate of drug-likeness (QED) is 0.209. The fraction of sp³-hybridized carbons (Fsp3) is 0.240. The number of anilines is 3. The maximum Gasteiger partial charge on any atom is 0.242 e. The van der Waals surface area contributed by atoms with Crippen LogP contribution >= 0.6 is 0 Å². The molecule has 36 heavy (non-hydrogen) atoms. The van der Waals surface area contributed by atoms with Crippen molar-refractivity contribution in [3.8, 4) is 23.1 Å². The van der Waals surface area contributed by atoms with Crippen molar-refractivity contribution in [2.45, 2.75) is 19.9 Å². The molecule has 11 nitrogen and oxygen atoms in total. The summed E-state index contributed by atoms with van der Waals surface area (Å²) in [6, 6.07) is 4.78.